The van der Waals surface area contributed by atoms with Gasteiger partial charge in [-0.1, -0.05) is 22.0 Å². The molecule has 3 rings (SSSR count). The van der Waals surface area contributed by atoms with Crippen LogP contribution in [-0.2, 0) is 0 Å². The van der Waals surface area contributed by atoms with Gasteiger partial charge in [-0.25, -0.2) is 8.78 Å². The Balaban J connectivity index is 2.19. The van der Waals surface area contributed by atoms with Crippen molar-refractivity contribution in [3.8, 4) is 11.3 Å². The van der Waals surface area contributed by atoms with Crippen molar-refractivity contribution in [3.05, 3.63) is 58.6 Å². The van der Waals surface area contributed by atoms with Gasteiger partial charge < -0.3 is 4.98 Å². The van der Waals surface area contributed by atoms with Gasteiger partial charge in [0, 0.05) is 32.7 Å². The highest BCUT2D eigenvalue weighted by Gasteiger charge is 2.06. The normalized spacial score (nSPS) is 11.1. The molecule has 0 aliphatic rings. The SMILES string of the molecule is Fc1cc(F)cc(-c2cc3ccc(Br)cc3[nH]2)c1. The van der Waals surface area contributed by atoms with Gasteiger partial charge in [0.25, 0.3) is 0 Å². The quantitative estimate of drug-likeness (QED) is 0.660. The number of H-pyrrole nitrogens is 1. The molecule has 2 aromatic carbocycles. The Morgan fingerprint density at radius 2 is 1.61 bits per heavy atom. The predicted molar refractivity (Wildman–Crippen MR) is 71.4 cm³/mol. The minimum absolute atomic E-state index is 0.500. The summed E-state index contributed by atoms with van der Waals surface area (Å²) >= 11 is 3.38. The van der Waals surface area contributed by atoms with Gasteiger partial charge in [-0.2, -0.15) is 0 Å². The molecule has 18 heavy (non-hydrogen) atoms. The number of aromatic nitrogens is 1. The van der Waals surface area contributed by atoms with Crippen molar-refractivity contribution in [1.29, 1.82) is 0 Å². The second-order valence-corrected chi connectivity index (χ2v) is 4.99. The minimum Gasteiger partial charge on any atom is -0.354 e. The average Bonchev–Trinajstić information content (AvgIpc) is 2.70. The van der Waals surface area contributed by atoms with Crippen LogP contribution < -0.4 is 0 Å². The summed E-state index contributed by atoms with van der Waals surface area (Å²) in [4.78, 5) is 3.14. The summed E-state index contributed by atoms with van der Waals surface area (Å²) < 4.78 is 27.3. The van der Waals surface area contributed by atoms with Gasteiger partial charge in [0.2, 0.25) is 0 Å². The second-order valence-electron chi connectivity index (χ2n) is 4.07. The van der Waals surface area contributed by atoms with Gasteiger partial charge in [-0.05, 0) is 30.3 Å². The number of hydrogen-bond acceptors (Lipinski definition) is 0. The van der Waals surface area contributed by atoms with E-state index in [4.69, 9.17) is 0 Å². The molecule has 1 aromatic heterocycles. The molecule has 0 fully saturated rings. The summed E-state index contributed by atoms with van der Waals surface area (Å²) in [5, 5.41) is 0.998. The number of benzene rings is 2. The molecule has 1 nitrogen and oxygen atoms in total. The molecule has 0 amide bonds. The number of hydrogen-bond donors (Lipinski definition) is 1. The predicted octanol–water partition coefficient (Wildman–Crippen LogP) is 4.88. The van der Waals surface area contributed by atoms with E-state index in [0.717, 1.165) is 21.4 Å². The standard InChI is InChI=1S/C14H8BrF2N/c15-10-2-1-8-5-13(18-14(8)6-10)9-3-11(16)7-12(17)4-9/h1-7,18H. The van der Waals surface area contributed by atoms with E-state index in [1.807, 2.05) is 24.3 Å². The van der Waals surface area contributed by atoms with Gasteiger partial charge in [0.1, 0.15) is 11.6 Å². The maximum atomic E-state index is 13.2. The molecule has 90 valence electrons. The van der Waals surface area contributed by atoms with E-state index < -0.39 is 11.6 Å². The summed E-state index contributed by atoms with van der Waals surface area (Å²) in [7, 11) is 0. The zero-order valence-corrected chi connectivity index (χ0v) is 10.8. The number of fused-ring (bicyclic) bond motifs is 1. The van der Waals surface area contributed by atoms with E-state index in [9.17, 15) is 8.78 Å². The minimum atomic E-state index is -0.579. The molecule has 0 bridgehead atoms. The van der Waals surface area contributed by atoms with Crippen LogP contribution >= 0.6 is 15.9 Å². The Hall–Kier alpha value is -1.68. The van der Waals surface area contributed by atoms with Crippen LogP contribution in [-0.4, -0.2) is 4.98 Å². The van der Waals surface area contributed by atoms with Crippen molar-refractivity contribution in [2.45, 2.75) is 0 Å². The summed E-state index contributed by atoms with van der Waals surface area (Å²) in [5.74, 6) is -1.16. The number of nitrogens with one attached hydrogen (secondary N) is 1. The first-order valence-corrected chi connectivity index (χ1v) is 6.16. The van der Waals surface area contributed by atoms with Gasteiger partial charge in [-0.15, -0.1) is 0 Å². The summed E-state index contributed by atoms with van der Waals surface area (Å²) in [6.45, 7) is 0. The average molecular weight is 308 g/mol. The maximum absolute atomic E-state index is 13.2. The molecule has 0 saturated carbocycles. The number of halogens is 3. The molecule has 0 saturated heterocycles. The zero-order valence-electron chi connectivity index (χ0n) is 9.18. The van der Waals surface area contributed by atoms with Crippen molar-refractivity contribution in [2.75, 3.05) is 0 Å². The molecule has 4 heteroatoms. The lowest BCUT2D eigenvalue weighted by atomic mass is 10.1. The van der Waals surface area contributed by atoms with Crippen LogP contribution in [0.4, 0.5) is 8.78 Å². The van der Waals surface area contributed by atoms with E-state index >= 15 is 0 Å². The Kier molecular flexibility index (Phi) is 2.67. The number of aromatic amines is 1. The highest BCUT2D eigenvalue weighted by atomic mass is 79.9. The first-order chi connectivity index (χ1) is 8.61. The molecule has 0 radical (unpaired) electrons. The van der Waals surface area contributed by atoms with Crippen LogP contribution in [0.25, 0.3) is 22.2 Å². The summed E-state index contributed by atoms with van der Waals surface area (Å²) in [5.41, 5.74) is 2.12. The molecular formula is C14H8BrF2N. The van der Waals surface area contributed by atoms with Gasteiger partial charge in [-0.3, -0.25) is 0 Å². The fraction of sp³-hybridized carbons (Fsp3) is 0. The van der Waals surface area contributed by atoms with Crippen LogP contribution in [0.3, 0.4) is 0 Å². The van der Waals surface area contributed by atoms with E-state index in [0.29, 0.717) is 11.3 Å². The van der Waals surface area contributed by atoms with Crippen LogP contribution in [0, 0.1) is 11.6 Å². The summed E-state index contributed by atoms with van der Waals surface area (Å²) in [6, 6.07) is 11.1. The van der Waals surface area contributed by atoms with Crippen molar-refractivity contribution >= 4 is 26.8 Å². The van der Waals surface area contributed by atoms with Crippen LogP contribution in [0.2, 0.25) is 0 Å². The monoisotopic (exact) mass is 307 g/mol. The first-order valence-electron chi connectivity index (χ1n) is 5.36. The fourth-order valence-electron chi connectivity index (χ4n) is 1.96. The summed E-state index contributed by atoms with van der Waals surface area (Å²) in [6.07, 6.45) is 0. The maximum Gasteiger partial charge on any atom is 0.126 e. The van der Waals surface area contributed by atoms with E-state index in [1.54, 1.807) is 0 Å². The van der Waals surface area contributed by atoms with Crippen molar-refractivity contribution in [2.24, 2.45) is 0 Å². The van der Waals surface area contributed by atoms with E-state index in [-0.39, 0.29) is 0 Å². The van der Waals surface area contributed by atoms with Crippen molar-refractivity contribution in [1.82, 2.24) is 4.98 Å². The molecule has 0 aliphatic carbocycles. The largest absolute Gasteiger partial charge is 0.354 e. The topological polar surface area (TPSA) is 15.8 Å². The molecule has 0 unspecified atom stereocenters. The molecule has 0 atom stereocenters. The third-order valence-corrected chi connectivity index (χ3v) is 3.25. The first kappa shape index (κ1) is 11.4. The van der Waals surface area contributed by atoms with E-state index in [2.05, 4.69) is 20.9 Å². The molecular weight excluding hydrogens is 300 g/mol. The Morgan fingerprint density at radius 3 is 2.33 bits per heavy atom. The Bertz CT molecular complexity index is 713. The van der Waals surface area contributed by atoms with Gasteiger partial charge in [0.15, 0.2) is 0 Å². The van der Waals surface area contributed by atoms with Gasteiger partial charge in [0.05, 0.1) is 0 Å². The number of rotatable bonds is 1. The highest BCUT2D eigenvalue weighted by Crippen LogP contribution is 2.27. The molecule has 1 N–H and O–H groups in total. The fourth-order valence-corrected chi connectivity index (χ4v) is 2.33. The Labute approximate surface area is 111 Å². The van der Waals surface area contributed by atoms with Gasteiger partial charge >= 0.3 is 0 Å². The Morgan fingerprint density at radius 1 is 0.889 bits per heavy atom. The second kappa shape index (κ2) is 4.21. The molecule has 3 aromatic rings. The molecule has 0 spiro atoms. The molecule has 0 aliphatic heterocycles. The highest BCUT2D eigenvalue weighted by molar-refractivity contribution is 9.10. The van der Waals surface area contributed by atoms with Crippen LogP contribution in [0.5, 0.6) is 0 Å². The van der Waals surface area contributed by atoms with Crippen molar-refractivity contribution < 1.29 is 8.78 Å². The lowest BCUT2D eigenvalue weighted by Gasteiger charge is -1.98. The van der Waals surface area contributed by atoms with Crippen LogP contribution in [0.15, 0.2) is 46.9 Å². The van der Waals surface area contributed by atoms with E-state index in [1.165, 1.54) is 12.1 Å². The lowest BCUT2D eigenvalue weighted by Crippen LogP contribution is -1.83. The lowest BCUT2D eigenvalue weighted by molar-refractivity contribution is 0.584. The van der Waals surface area contributed by atoms with Crippen LogP contribution in [0.1, 0.15) is 0 Å². The van der Waals surface area contributed by atoms with Crippen molar-refractivity contribution in [3.63, 3.8) is 0 Å². The third-order valence-electron chi connectivity index (χ3n) is 2.76. The molecule has 1 heterocycles. The zero-order chi connectivity index (χ0) is 12.7. The third kappa shape index (κ3) is 2.04. The smallest absolute Gasteiger partial charge is 0.126 e.